The lowest BCUT2D eigenvalue weighted by Gasteiger charge is -2.32. The second-order valence-electron chi connectivity index (χ2n) is 14.4. The molecule has 0 amide bonds. The number of hydrogen-bond donors (Lipinski definition) is 0. The molecule has 3 aliphatic rings. The largest absolute Gasteiger partial charge is 0.332 e. The van der Waals surface area contributed by atoms with Gasteiger partial charge < -0.3 is 9.47 Å². The monoisotopic (exact) mass is 660 g/mol. The van der Waals surface area contributed by atoms with Gasteiger partial charge in [0.15, 0.2) is 0 Å². The molecule has 0 saturated heterocycles. The molecule has 2 atom stereocenters. The second kappa shape index (κ2) is 10.4. The summed E-state index contributed by atoms with van der Waals surface area (Å²) in [4.78, 5) is 2.61. The SMILES string of the molecule is C1=CC2c3cc(-c4ccc5c(c4)c4ccccc4n5-c4cc5ccccc5c5ccccc45)ccc3N3c4ccccc4-c4ccccc4C(=C1)C23. The van der Waals surface area contributed by atoms with E-state index in [1.54, 1.807) is 0 Å². The van der Waals surface area contributed by atoms with Crippen LogP contribution in [0.3, 0.4) is 0 Å². The van der Waals surface area contributed by atoms with Crippen LogP contribution in [-0.2, 0) is 0 Å². The Hall–Kier alpha value is -6.64. The minimum atomic E-state index is 0.220. The molecule has 2 aliphatic heterocycles. The summed E-state index contributed by atoms with van der Waals surface area (Å²) < 4.78 is 2.48. The predicted molar refractivity (Wildman–Crippen MR) is 219 cm³/mol. The zero-order valence-corrected chi connectivity index (χ0v) is 28.4. The first-order valence-corrected chi connectivity index (χ1v) is 18.3. The molecular weight excluding hydrogens is 629 g/mol. The molecule has 0 radical (unpaired) electrons. The average Bonchev–Trinajstić information content (AvgIpc) is 3.68. The van der Waals surface area contributed by atoms with Gasteiger partial charge in [0.1, 0.15) is 0 Å². The molecular formula is C50H32N2. The van der Waals surface area contributed by atoms with E-state index in [4.69, 9.17) is 0 Å². The Bertz CT molecular complexity index is 3050. The van der Waals surface area contributed by atoms with Crippen LogP contribution in [0.4, 0.5) is 11.4 Å². The number of aromatic nitrogens is 1. The summed E-state index contributed by atoms with van der Waals surface area (Å²) in [6.45, 7) is 0. The first-order chi connectivity index (χ1) is 25.8. The van der Waals surface area contributed by atoms with Crippen LogP contribution >= 0.6 is 0 Å². The molecule has 8 aromatic carbocycles. The van der Waals surface area contributed by atoms with Crippen LogP contribution in [0.5, 0.6) is 0 Å². The summed E-state index contributed by atoms with van der Waals surface area (Å²) in [5.41, 5.74) is 15.5. The standard InChI is InChI=1S/C50H32N2/c1-2-13-34-33(12-1)30-49(39-18-6-5-14-35(34)39)51-45-22-9-8-19-40(45)43-28-31(24-26-47(43)51)32-25-27-48-44(29-32)42-21-11-20-41-37-16-4-3-15-36(37)38-17-7-10-23-46(38)52(48)50(41)42/h1-30,42,50H. The van der Waals surface area contributed by atoms with Gasteiger partial charge in [-0.3, -0.25) is 0 Å². The van der Waals surface area contributed by atoms with Gasteiger partial charge >= 0.3 is 0 Å². The van der Waals surface area contributed by atoms with Crippen molar-refractivity contribution in [2.75, 3.05) is 4.90 Å². The third-order valence-electron chi connectivity index (χ3n) is 11.9. The molecule has 52 heavy (non-hydrogen) atoms. The van der Waals surface area contributed by atoms with Gasteiger partial charge in [0.25, 0.3) is 0 Å². The highest BCUT2D eigenvalue weighted by atomic mass is 15.2. The lowest BCUT2D eigenvalue weighted by atomic mass is 9.81. The Morgan fingerprint density at radius 3 is 2.00 bits per heavy atom. The molecule has 242 valence electrons. The maximum Gasteiger partial charge on any atom is 0.0701 e. The van der Waals surface area contributed by atoms with Crippen LogP contribution in [0.25, 0.3) is 76.9 Å². The van der Waals surface area contributed by atoms with Crippen molar-refractivity contribution in [3.8, 4) is 27.9 Å². The van der Waals surface area contributed by atoms with Gasteiger partial charge in [-0.15, -0.1) is 0 Å². The van der Waals surface area contributed by atoms with E-state index in [-0.39, 0.29) is 12.0 Å². The molecule has 0 bridgehead atoms. The quantitative estimate of drug-likeness (QED) is 0.168. The summed E-state index contributed by atoms with van der Waals surface area (Å²) in [7, 11) is 0. The normalized spacial score (nSPS) is 16.8. The zero-order chi connectivity index (χ0) is 33.9. The highest BCUT2D eigenvalue weighted by molar-refractivity contribution is 6.15. The van der Waals surface area contributed by atoms with Crippen molar-refractivity contribution >= 4 is 60.3 Å². The van der Waals surface area contributed by atoms with Crippen molar-refractivity contribution in [3.05, 3.63) is 193 Å². The van der Waals surface area contributed by atoms with E-state index in [0.717, 1.165) is 0 Å². The van der Waals surface area contributed by atoms with Crippen molar-refractivity contribution < 1.29 is 0 Å². The molecule has 0 fully saturated rings. The summed E-state index contributed by atoms with van der Waals surface area (Å²) in [5, 5.41) is 7.63. The average molecular weight is 661 g/mol. The van der Waals surface area contributed by atoms with Crippen LogP contribution in [-0.4, -0.2) is 10.6 Å². The van der Waals surface area contributed by atoms with Crippen LogP contribution in [0.15, 0.2) is 182 Å². The molecule has 0 spiro atoms. The fourth-order valence-corrected chi connectivity index (χ4v) is 9.66. The first kappa shape index (κ1) is 28.1. The number of anilines is 2. The molecule has 2 unspecified atom stereocenters. The number of benzene rings is 8. The van der Waals surface area contributed by atoms with E-state index >= 15 is 0 Å². The van der Waals surface area contributed by atoms with E-state index in [0.29, 0.717) is 0 Å². The van der Waals surface area contributed by atoms with Crippen molar-refractivity contribution in [1.82, 2.24) is 4.57 Å². The van der Waals surface area contributed by atoms with E-state index in [9.17, 15) is 0 Å². The Balaban J connectivity index is 1.04. The van der Waals surface area contributed by atoms with Gasteiger partial charge in [-0.25, -0.2) is 0 Å². The highest BCUT2D eigenvalue weighted by Gasteiger charge is 2.44. The van der Waals surface area contributed by atoms with E-state index in [1.165, 1.54) is 99.4 Å². The molecule has 0 N–H and O–H groups in total. The van der Waals surface area contributed by atoms with E-state index in [2.05, 4.69) is 191 Å². The summed E-state index contributed by atoms with van der Waals surface area (Å²) in [6.07, 6.45) is 7.03. The molecule has 2 nitrogen and oxygen atoms in total. The van der Waals surface area contributed by atoms with Crippen LogP contribution in [0.2, 0.25) is 0 Å². The van der Waals surface area contributed by atoms with Crippen LogP contribution in [0.1, 0.15) is 17.0 Å². The zero-order valence-electron chi connectivity index (χ0n) is 28.4. The number of allylic oxidation sites excluding steroid dienone is 2. The number of fused-ring (bicyclic) bond motifs is 14. The first-order valence-electron chi connectivity index (χ1n) is 18.3. The van der Waals surface area contributed by atoms with Crippen LogP contribution in [0, 0.1) is 0 Å². The molecule has 1 aliphatic carbocycles. The minimum Gasteiger partial charge on any atom is -0.332 e. The molecule has 12 rings (SSSR count). The molecule has 1 aromatic heterocycles. The molecule has 3 heterocycles. The van der Waals surface area contributed by atoms with E-state index in [1.807, 2.05) is 0 Å². The summed E-state index contributed by atoms with van der Waals surface area (Å²) in [6, 6.07) is 61.2. The van der Waals surface area contributed by atoms with Gasteiger partial charge in [-0.05, 0) is 92.0 Å². The highest BCUT2D eigenvalue weighted by Crippen LogP contribution is 2.57. The van der Waals surface area contributed by atoms with Crippen molar-refractivity contribution in [2.45, 2.75) is 12.0 Å². The predicted octanol–water partition coefficient (Wildman–Crippen LogP) is 13.0. The third-order valence-corrected chi connectivity index (χ3v) is 11.9. The Labute approximate surface area is 301 Å². The number of nitrogens with zero attached hydrogens (tertiary/aromatic N) is 2. The lowest BCUT2D eigenvalue weighted by Crippen LogP contribution is -2.31. The fraction of sp³-hybridized carbons (Fsp3) is 0.0400. The van der Waals surface area contributed by atoms with Gasteiger partial charge in [0.2, 0.25) is 0 Å². The Morgan fingerprint density at radius 1 is 0.423 bits per heavy atom. The molecule has 0 saturated carbocycles. The van der Waals surface area contributed by atoms with Crippen molar-refractivity contribution in [1.29, 1.82) is 0 Å². The summed E-state index contributed by atoms with van der Waals surface area (Å²) >= 11 is 0. The van der Waals surface area contributed by atoms with Gasteiger partial charge in [-0.2, -0.15) is 0 Å². The summed E-state index contributed by atoms with van der Waals surface area (Å²) in [5.74, 6) is 0.265. The maximum absolute atomic E-state index is 2.61. The topological polar surface area (TPSA) is 8.17 Å². The second-order valence-corrected chi connectivity index (χ2v) is 14.4. The minimum absolute atomic E-state index is 0.220. The fourth-order valence-electron chi connectivity index (χ4n) is 9.66. The molecule has 2 heteroatoms. The van der Waals surface area contributed by atoms with E-state index < -0.39 is 0 Å². The van der Waals surface area contributed by atoms with Crippen molar-refractivity contribution in [2.24, 2.45) is 0 Å². The number of rotatable bonds is 2. The van der Waals surface area contributed by atoms with Crippen LogP contribution < -0.4 is 4.90 Å². The van der Waals surface area contributed by atoms with Crippen molar-refractivity contribution in [3.63, 3.8) is 0 Å². The lowest BCUT2D eigenvalue weighted by molar-refractivity contribution is 0.764. The Kier molecular flexibility index (Phi) is 5.64. The third kappa shape index (κ3) is 3.73. The van der Waals surface area contributed by atoms with Gasteiger partial charge in [-0.1, -0.05) is 140 Å². The van der Waals surface area contributed by atoms with Gasteiger partial charge in [0, 0.05) is 39.0 Å². The molecule has 9 aromatic rings. The van der Waals surface area contributed by atoms with Gasteiger partial charge in [0.05, 0.1) is 22.8 Å². The smallest absolute Gasteiger partial charge is 0.0701 e. The Morgan fingerprint density at radius 2 is 1.10 bits per heavy atom. The number of para-hydroxylation sites is 2. The maximum atomic E-state index is 2.61. The number of hydrogen-bond acceptors (Lipinski definition) is 1.